The first-order valence-corrected chi connectivity index (χ1v) is 13.5. The van der Waals surface area contributed by atoms with E-state index >= 15 is 0 Å². The molecule has 0 saturated heterocycles. The number of likely N-dealkylation sites (N-methyl/N-ethyl adjacent to an activating group) is 1. The van der Waals surface area contributed by atoms with Crippen molar-refractivity contribution in [1.29, 1.82) is 0 Å². The van der Waals surface area contributed by atoms with E-state index in [0.29, 0.717) is 24.6 Å². The van der Waals surface area contributed by atoms with Crippen LogP contribution in [0, 0.1) is 29.5 Å². The van der Waals surface area contributed by atoms with E-state index in [0.717, 1.165) is 18.4 Å². The van der Waals surface area contributed by atoms with Gasteiger partial charge in [-0.15, -0.1) is 0 Å². The summed E-state index contributed by atoms with van der Waals surface area (Å²) in [6.45, 7) is 4.63. The number of rotatable bonds is 6. The van der Waals surface area contributed by atoms with Crippen LogP contribution in [-0.4, -0.2) is 61.6 Å². The monoisotopic (exact) mass is 500 g/mol. The van der Waals surface area contributed by atoms with Gasteiger partial charge in [0.25, 0.3) is 0 Å². The molecule has 0 aromatic heterocycles. The Bertz CT molecular complexity index is 1220. The summed E-state index contributed by atoms with van der Waals surface area (Å²) in [5, 5.41) is 9.79. The zero-order chi connectivity index (χ0) is 25.2. The Morgan fingerprint density at radius 3 is 2.71 bits per heavy atom. The summed E-state index contributed by atoms with van der Waals surface area (Å²) in [4.78, 5) is 2.13. The largest absolute Gasteiger partial charge is 0.487 e. The number of sulfonamides is 1. The molecular formula is C27H33FN2O4S. The van der Waals surface area contributed by atoms with Crippen molar-refractivity contribution in [1.82, 2.24) is 9.21 Å². The molecule has 2 aromatic carbocycles. The number of benzene rings is 2. The van der Waals surface area contributed by atoms with E-state index < -0.39 is 16.1 Å². The number of nitrogens with zero attached hydrogens (tertiary/aromatic N) is 2. The van der Waals surface area contributed by atoms with Crippen molar-refractivity contribution in [2.24, 2.45) is 11.8 Å². The van der Waals surface area contributed by atoms with Gasteiger partial charge in [-0.1, -0.05) is 30.9 Å². The Balaban J connectivity index is 1.66. The zero-order valence-corrected chi connectivity index (χ0v) is 21.3. The van der Waals surface area contributed by atoms with Gasteiger partial charge < -0.3 is 9.84 Å². The summed E-state index contributed by atoms with van der Waals surface area (Å²) in [5.41, 5.74) is 1.56. The van der Waals surface area contributed by atoms with Crippen LogP contribution in [0.1, 0.15) is 37.8 Å². The second-order valence-electron chi connectivity index (χ2n) is 9.77. The lowest BCUT2D eigenvalue weighted by Crippen LogP contribution is -2.49. The molecule has 188 valence electrons. The molecule has 0 amide bonds. The van der Waals surface area contributed by atoms with Crippen LogP contribution in [-0.2, 0) is 16.6 Å². The van der Waals surface area contributed by atoms with E-state index in [9.17, 15) is 17.9 Å². The van der Waals surface area contributed by atoms with Gasteiger partial charge in [-0.05, 0) is 62.7 Å². The van der Waals surface area contributed by atoms with Gasteiger partial charge in [-0.25, -0.2) is 12.8 Å². The standard InChI is InChI=1S/C27H33FN2O4S/c1-19-15-30(20(2)18-31)35(32,33)27-12-11-22(10-9-21-7-8-21)14-25(27)34-26(19)17-29(3)16-23-5-4-6-24(28)13-23/h4-6,11-14,19-21,26,31H,7-8,15-18H2,1-3H3/t19-,20-,26+/m0/s1. The van der Waals surface area contributed by atoms with Crippen molar-refractivity contribution in [3.63, 3.8) is 0 Å². The quantitative estimate of drug-likeness (QED) is 0.615. The molecule has 0 spiro atoms. The van der Waals surface area contributed by atoms with Crippen molar-refractivity contribution in [3.05, 3.63) is 59.4 Å². The summed E-state index contributed by atoms with van der Waals surface area (Å²) in [6, 6.07) is 10.9. The lowest BCUT2D eigenvalue weighted by atomic mass is 10.0. The van der Waals surface area contributed by atoms with Gasteiger partial charge in [-0.3, -0.25) is 4.90 Å². The third-order valence-corrected chi connectivity index (χ3v) is 8.52. The molecule has 1 saturated carbocycles. The number of hydrogen-bond donors (Lipinski definition) is 1. The molecule has 2 aliphatic rings. The minimum atomic E-state index is -3.88. The summed E-state index contributed by atoms with van der Waals surface area (Å²) < 4.78 is 48.5. The molecule has 1 aliphatic heterocycles. The fourth-order valence-corrected chi connectivity index (χ4v) is 6.08. The third-order valence-electron chi connectivity index (χ3n) is 6.50. The van der Waals surface area contributed by atoms with Crippen LogP contribution in [0.4, 0.5) is 4.39 Å². The molecule has 8 heteroatoms. The van der Waals surface area contributed by atoms with Crippen molar-refractivity contribution >= 4 is 10.0 Å². The number of ether oxygens (including phenoxy) is 1. The van der Waals surface area contributed by atoms with E-state index in [4.69, 9.17) is 4.74 Å². The highest BCUT2D eigenvalue weighted by Gasteiger charge is 2.38. The van der Waals surface area contributed by atoms with Crippen LogP contribution < -0.4 is 4.74 Å². The Morgan fingerprint density at radius 2 is 2.03 bits per heavy atom. The smallest absolute Gasteiger partial charge is 0.247 e. The number of aliphatic hydroxyl groups excluding tert-OH is 1. The molecule has 2 aromatic rings. The Labute approximate surface area is 207 Å². The molecule has 4 rings (SSSR count). The minimum Gasteiger partial charge on any atom is -0.487 e. The molecule has 0 unspecified atom stereocenters. The van der Waals surface area contributed by atoms with Gasteiger partial charge in [0.1, 0.15) is 22.6 Å². The fourth-order valence-electron chi connectivity index (χ4n) is 4.25. The Hall–Kier alpha value is -2.44. The van der Waals surface area contributed by atoms with E-state index in [2.05, 4.69) is 11.8 Å². The Morgan fingerprint density at radius 1 is 1.26 bits per heavy atom. The van der Waals surface area contributed by atoms with Crippen LogP contribution in [0.15, 0.2) is 47.4 Å². The molecule has 6 nitrogen and oxygen atoms in total. The normalized spacial score (nSPS) is 22.8. The highest BCUT2D eigenvalue weighted by molar-refractivity contribution is 7.89. The van der Waals surface area contributed by atoms with E-state index in [1.165, 1.54) is 16.4 Å². The Kier molecular flexibility index (Phi) is 7.82. The van der Waals surface area contributed by atoms with Gasteiger partial charge in [0.2, 0.25) is 10.0 Å². The third kappa shape index (κ3) is 6.22. The van der Waals surface area contributed by atoms with Crippen LogP contribution in [0.25, 0.3) is 0 Å². The average molecular weight is 501 g/mol. The molecule has 1 aliphatic carbocycles. The lowest BCUT2D eigenvalue weighted by molar-refractivity contribution is 0.0733. The summed E-state index contributed by atoms with van der Waals surface area (Å²) in [5.74, 6) is 6.61. The number of hydrogen-bond acceptors (Lipinski definition) is 5. The molecule has 1 N–H and O–H groups in total. The van der Waals surface area contributed by atoms with Crippen LogP contribution in [0.3, 0.4) is 0 Å². The summed E-state index contributed by atoms with van der Waals surface area (Å²) in [6.07, 6.45) is 1.88. The minimum absolute atomic E-state index is 0.0828. The van der Waals surface area contributed by atoms with E-state index in [-0.39, 0.29) is 41.6 Å². The summed E-state index contributed by atoms with van der Waals surface area (Å²) in [7, 11) is -1.95. The summed E-state index contributed by atoms with van der Waals surface area (Å²) >= 11 is 0. The maximum atomic E-state index is 13.6. The first kappa shape index (κ1) is 25.6. The van der Waals surface area contributed by atoms with Crippen LogP contribution >= 0.6 is 0 Å². The molecule has 1 fully saturated rings. The first-order valence-electron chi connectivity index (χ1n) is 12.1. The predicted octanol–water partition coefficient (Wildman–Crippen LogP) is 3.49. The first-order chi connectivity index (χ1) is 16.7. The highest BCUT2D eigenvalue weighted by atomic mass is 32.2. The molecule has 35 heavy (non-hydrogen) atoms. The van der Waals surface area contributed by atoms with Gasteiger partial charge in [-0.2, -0.15) is 4.31 Å². The van der Waals surface area contributed by atoms with Gasteiger partial charge in [0.15, 0.2) is 0 Å². The van der Waals surface area contributed by atoms with Crippen molar-refractivity contribution < 1.29 is 22.7 Å². The maximum absolute atomic E-state index is 13.6. The highest BCUT2D eigenvalue weighted by Crippen LogP contribution is 2.34. The van der Waals surface area contributed by atoms with Crippen LogP contribution in [0.2, 0.25) is 0 Å². The molecule has 0 bridgehead atoms. The second kappa shape index (κ2) is 10.7. The molecular weight excluding hydrogens is 467 g/mol. The fraction of sp³-hybridized carbons (Fsp3) is 0.481. The molecule has 1 heterocycles. The molecule has 0 radical (unpaired) electrons. The predicted molar refractivity (Wildman–Crippen MR) is 133 cm³/mol. The second-order valence-corrected chi connectivity index (χ2v) is 11.6. The van der Waals surface area contributed by atoms with Gasteiger partial charge in [0.05, 0.1) is 6.61 Å². The van der Waals surface area contributed by atoms with E-state index in [1.807, 2.05) is 24.9 Å². The van der Waals surface area contributed by atoms with Gasteiger partial charge in [0, 0.05) is 43.1 Å². The molecule has 3 atom stereocenters. The van der Waals surface area contributed by atoms with E-state index in [1.54, 1.807) is 31.2 Å². The topological polar surface area (TPSA) is 70.1 Å². The van der Waals surface area contributed by atoms with Crippen LogP contribution in [0.5, 0.6) is 5.75 Å². The number of aliphatic hydroxyl groups is 1. The average Bonchev–Trinajstić information content (AvgIpc) is 3.64. The SMILES string of the molecule is C[C@H]1CN([C@@H](C)CO)S(=O)(=O)c2ccc(C#CC3CC3)cc2O[C@@H]1CN(C)Cc1cccc(F)c1. The van der Waals surface area contributed by atoms with Gasteiger partial charge >= 0.3 is 0 Å². The van der Waals surface area contributed by atoms with Crippen molar-refractivity contribution in [3.8, 4) is 17.6 Å². The van der Waals surface area contributed by atoms with Crippen molar-refractivity contribution in [2.75, 3.05) is 26.7 Å². The lowest BCUT2D eigenvalue weighted by Gasteiger charge is -2.37. The zero-order valence-electron chi connectivity index (χ0n) is 20.4. The number of fused-ring (bicyclic) bond motifs is 1. The van der Waals surface area contributed by atoms with Crippen molar-refractivity contribution in [2.45, 2.75) is 50.3 Å². The maximum Gasteiger partial charge on any atom is 0.247 e. The number of halogens is 1.